The van der Waals surface area contributed by atoms with Crippen LogP contribution in [0, 0.1) is 0 Å². The van der Waals surface area contributed by atoms with E-state index in [4.69, 9.17) is 10.2 Å². The minimum Gasteiger partial charge on any atom is -0.480 e. The minimum atomic E-state index is -1.24. The van der Waals surface area contributed by atoms with Crippen LogP contribution in [-0.2, 0) is 9.59 Å². The van der Waals surface area contributed by atoms with Crippen LogP contribution in [0.1, 0.15) is 19.8 Å². The summed E-state index contributed by atoms with van der Waals surface area (Å²) in [6, 6.07) is -0.418. The smallest absolute Gasteiger partial charge is 0.323 e. The molecule has 0 bridgehead atoms. The second-order valence-electron chi connectivity index (χ2n) is 4.75. The molecule has 0 aromatic rings. The Labute approximate surface area is 117 Å². The molecule has 1 unspecified atom stereocenters. The Morgan fingerprint density at radius 2 is 1.85 bits per heavy atom. The summed E-state index contributed by atoms with van der Waals surface area (Å²) in [5, 5.41) is 20.0. The van der Waals surface area contributed by atoms with E-state index >= 15 is 0 Å². The summed E-state index contributed by atoms with van der Waals surface area (Å²) in [7, 11) is 0. The van der Waals surface area contributed by atoms with E-state index in [1.807, 2.05) is 6.92 Å². The van der Waals surface area contributed by atoms with Crippen LogP contribution in [0.15, 0.2) is 0 Å². The van der Waals surface area contributed by atoms with E-state index < -0.39 is 31.1 Å². The maximum absolute atomic E-state index is 11.8. The van der Waals surface area contributed by atoms with Crippen molar-refractivity contribution >= 4 is 18.0 Å². The molecule has 114 valence electrons. The number of carboxylic acid groups (broad SMARTS) is 2. The molecule has 0 radical (unpaired) electrons. The van der Waals surface area contributed by atoms with Gasteiger partial charge in [-0.1, -0.05) is 6.92 Å². The van der Waals surface area contributed by atoms with Gasteiger partial charge in [-0.3, -0.25) is 14.5 Å². The van der Waals surface area contributed by atoms with Crippen LogP contribution in [0.4, 0.5) is 4.79 Å². The molecule has 20 heavy (non-hydrogen) atoms. The Morgan fingerprint density at radius 1 is 1.25 bits per heavy atom. The second kappa shape index (κ2) is 7.68. The van der Waals surface area contributed by atoms with Gasteiger partial charge in [0.25, 0.3) is 0 Å². The number of likely N-dealkylation sites (N-methyl/N-ethyl adjacent to an activating group) is 1. The molecule has 1 aliphatic heterocycles. The van der Waals surface area contributed by atoms with Crippen LogP contribution < -0.4 is 5.32 Å². The van der Waals surface area contributed by atoms with Crippen molar-refractivity contribution in [3.8, 4) is 0 Å². The Morgan fingerprint density at radius 3 is 2.35 bits per heavy atom. The first kappa shape index (κ1) is 16.2. The molecular weight excluding hydrogens is 266 g/mol. The molecule has 0 aromatic carbocycles. The largest absolute Gasteiger partial charge is 0.480 e. The van der Waals surface area contributed by atoms with Crippen molar-refractivity contribution in [2.24, 2.45) is 0 Å². The Balaban J connectivity index is 2.48. The first-order chi connectivity index (χ1) is 9.43. The number of nitrogens with zero attached hydrogens (tertiary/aromatic N) is 2. The molecule has 1 saturated heterocycles. The summed E-state index contributed by atoms with van der Waals surface area (Å²) in [6.45, 7) is 3.09. The van der Waals surface area contributed by atoms with Gasteiger partial charge >= 0.3 is 18.0 Å². The first-order valence-electron chi connectivity index (χ1n) is 6.64. The fraction of sp³-hybridized carbons (Fsp3) is 0.750. The number of hydrogen-bond donors (Lipinski definition) is 3. The Bertz CT molecular complexity index is 358. The number of amides is 2. The molecule has 1 rings (SSSR count). The van der Waals surface area contributed by atoms with Gasteiger partial charge in [0, 0.05) is 12.6 Å². The van der Waals surface area contributed by atoms with Gasteiger partial charge < -0.3 is 20.4 Å². The van der Waals surface area contributed by atoms with E-state index in [-0.39, 0.29) is 6.04 Å². The molecule has 8 nitrogen and oxygen atoms in total. The molecular formula is C12H21N3O5. The average molecular weight is 287 g/mol. The van der Waals surface area contributed by atoms with Crippen molar-refractivity contribution in [3.63, 3.8) is 0 Å². The first-order valence-corrected chi connectivity index (χ1v) is 6.64. The van der Waals surface area contributed by atoms with Crippen molar-refractivity contribution < 1.29 is 24.6 Å². The topological polar surface area (TPSA) is 110 Å². The van der Waals surface area contributed by atoms with E-state index in [0.717, 1.165) is 30.8 Å². The molecule has 1 atom stereocenters. The molecule has 3 N–H and O–H groups in total. The van der Waals surface area contributed by atoms with Gasteiger partial charge in [-0.25, -0.2) is 4.79 Å². The number of carbonyl (C=O) groups excluding carboxylic acids is 1. The molecule has 8 heteroatoms. The minimum absolute atomic E-state index is 0.237. The summed E-state index contributed by atoms with van der Waals surface area (Å²) >= 11 is 0. The Kier molecular flexibility index (Phi) is 6.23. The molecule has 0 aliphatic carbocycles. The SMILES string of the molecule is CCN1CCCC1CNC(=O)N(CC(=O)O)CC(=O)O. The fourth-order valence-corrected chi connectivity index (χ4v) is 2.39. The Hall–Kier alpha value is -1.83. The van der Waals surface area contributed by atoms with Gasteiger partial charge in [0.1, 0.15) is 13.1 Å². The molecule has 1 aliphatic rings. The number of hydrogen-bond acceptors (Lipinski definition) is 4. The molecule has 2 amide bonds. The maximum Gasteiger partial charge on any atom is 0.323 e. The van der Waals surface area contributed by atoms with E-state index in [2.05, 4.69) is 10.2 Å². The van der Waals surface area contributed by atoms with E-state index in [0.29, 0.717) is 6.54 Å². The van der Waals surface area contributed by atoms with Crippen molar-refractivity contribution in [2.45, 2.75) is 25.8 Å². The van der Waals surface area contributed by atoms with Gasteiger partial charge in [-0.2, -0.15) is 0 Å². The lowest BCUT2D eigenvalue weighted by molar-refractivity contribution is -0.140. The number of likely N-dealkylation sites (tertiary alicyclic amines) is 1. The van der Waals surface area contributed by atoms with Crippen LogP contribution in [-0.4, -0.2) is 76.7 Å². The van der Waals surface area contributed by atoms with Gasteiger partial charge in [-0.05, 0) is 25.9 Å². The number of carbonyl (C=O) groups is 3. The molecule has 1 fully saturated rings. The van der Waals surface area contributed by atoms with Crippen molar-refractivity contribution in [2.75, 3.05) is 32.7 Å². The highest BCUT2D eigenvalue weighted by Gasteiger charge is 2.25. The van der Waals surface area contributed by atoms with Gasteiger partial charge in [0.05, 0.1) is 0 Å². The third-order valence-corrected chi connectivity index (χ3v) is 3.33. The monoisotopic (exact) mass is 287 g/mol. The maximum atomic E-state index is 11.8. The van der Waals surface area contributed by atoms with Crippen molar-refractivity contribution in [3.05, 3.63) is 0 Å². The third-order valence-electron chi connectivity index (χ3n) is 3.33. The number of aliphatic carboxylic acids is 2. The van der Waals surface area contributed by atoms with Crippen LogP contribution in [0.2, 0.25) is 0 Å². The van der Waals surface area contributed by atoms with Crippen LogP contribution >= 0.6 is 0 Å². The summed E-state index contributed by atoms with van der Waals surface area (Å²) in [6.07, 6.45) is 2.05. The highest BCUT2D eigenvalue weighted by molar-refractivity contribution is 5.84. The summed E-state index contributed by atoms with van der Waals surface area (Å²) < 4.78 is 0. The molecule has 1 heterocycles. The predicted octanol–water partition coefficient (Wildman–Crippen LogP) is -0.348. The lowest BCUT2D eigenvalue weighted by Gasteiger charge is -2.25. The highest BCUT2D eigenvalue weighted by atomic mass is 16.4. The zero-order valence-electron chi connectivity index (χ0n) is 11.5. The number of nitrogens with one attached hydrogen (secondary N) is 1. The van der Waals surface area contributed by atoms with Gasteiger partial charge in [0.2, 0.25) is 0 Å². The third kappa shape index (κ3) is 5.04. The number of rotatable bonds is 7. The molecule has 0 aromatic heterocycles. The molecule has 0 saturated carbocycles. The predicted molar refractivity (Wildman–Crippen MR) is 70.5 cm³/mol. The standard InChI is InChI=1S/C12H21N3O5/c1-2-14-5-3-4-9(14)6-13-12(20)15(7-10(16)17)8-11(18)19/h9H,2-8H2,1H3,(H,13,20)(H,16,17)(H,18,19). The lowest BCUT2D eigenvalue weighted by atomic mass is 10.2. The zero-order valence-corrected chi connectivity index (χ0v) is 11.5. The summed E-state index contributed by atoms with van der Waals surface area (Å²) in [5.74, 6) is -2.48. The van der Waals surface area contributed by atoms with Crippen molar-refractivity contribution in [1.29, 1.82) is 0 Å². The number of carboxylic acids is 2. The van der Waals surface area contributed by atoms with Gasteiger partial charge in [0.15, 0.2) is 0 Å². The summed E-state index contributed by atoms with van der Waals surface area (Å²) in [5.41, 5.74) is 0. The van der Waals surface area contributed by atoms with Crippen LogP contribution in [0.5, 0.6) is 0 Å². The average Bonchev–Trinajstić information content (AvgIpc) is 2.81. The van der Waals surface area contributed by atoms with E-state index in [9.17, 15) is 14.4 Å². The fourth-order valence-electron chi connectivity index (χ4n) is 2.39. The number of urea groups is 1. The van der Waals surface area contributed by atoms with Crippen LogP contribution in [0.25, 0.3) is 0 Å². The van der Waals surface area contributed by atoms with E-state index in [1.165, 1.54) is 0 Å². The summed E-state index contributed by atoms with van der Waals surface area (Å²) in [4.78, 5) is 36.1. The lowest BCUT2D eigenvalue weighted by Crippen LogP contribution is -2.48. The second-order valence-corrected chi connectivity index (χ2v) is 4.75. The zero-order chi connectivity index (χ0) is 15.1. The van der Waals surface area contributed by atoms with Crippen molar-refractivity contribution in [1.82, 2.24) is 15.1 Å². The van der Waals surface area contributed by atoms with Gasteiger partial charge in [-0.15, -0.1) is 0 Å². The quantitative estimate of drug-likeness (QED) is 0.590. The normalized spacial score (nSPS) is 18.8. The van der Waals surface area contributed by atoms with Crippen LogP contribution in [0.3, 0.4) is 0 Å². The van der Waals surface area contributed by atoms with E-state index in [1.54, 1.807) is 0 Å². The molecule has 0 spiro atoms. The highest BCUT2D eigenvalue weighted by Crippen LogP contribution is 2.15.